The van der Waals surface area contributed by atoms with E-state index in [9.17, 15) is 22.8 Å². The van der Waals surface area contributed by atoms with E-state index in [1.54, 1.807) is 18.2 Å². The van der Waals surface area contributed by atoms with Crippen LogP contribution in [0.2, 0.25) is 10.0 Å². The van der Waals surface area contributed by atoms with Crippen molar-refractivity contribution >= 4 is 34.8 Å². The van der Waals surface area contributed by atoms with Crippen molar-refractivity contribution in [1.82, 2.24) is 0 Å². The summed E-state index contributed by atoms with van der Waals surface area (Å²) in [6, 6.07) is 14.3. The Morgan fingerprint density at radius 3 is 1.88 bits per heavy atom. The molecule has 3 aromatic rings. The second kappa shape index (κ2) is 10.3. The third-order valence-corrected chi connectivity index (χ3v) is 5.92. The minimum Gasteiger partial charge on any atom is -0.299 e. The van der Waals surface area contributed by atoms with Gasteiger partial charge in [-0.05, 0) is 78.4 Å². The van der Waals surface area contributed by atoms with E-state index < -0.39 is 17.7 Å². The first-order valence-electron chi connectivity index (χ1n) is 10.7. The van der Waals surface area contributed by atoms with Gasteiger partial charge in [-0.25, -0.2) is 0 Å². The average Bonchev–Trinajstić information content (AvgIpc) is 2.75. The van der Waals surface area contributed by atoms with Crippen LogP contribution in [0.1, 0.15) is 60.2 Å². The van der Waals surface area contributed by atoms with Crippen LogP contribution in [-0.4, -0.2) is 11.6 Å². The van der Waals surface area contributed by atoms with Crippen molar-refractivity contribution in [3.63, 3.8) is 0 Å². The number of carbonyl (C=O) groups excluding carboxylic acids is 2. The summed E-state index contributed by atoms with van der Waals surface area (Å²) in [5.74, 6) is -0.646. The lowest BCUT2D eigenvalue weighted by molar-refractivity contribution is -0.137. The monoisotopic (exact) mass is 506 g/mol. The van der Waals surface area contributed by atoms with Gasteiger partial charge in [-0.2, -0.15) is 13.2 Å². The first kappa shape index (κ1) is 26.0. The number of halogens is 5. The number of benzene rings is 3. The van der Waals surface area contributed by atoms with E-state index in [1.807, 2.05) is 13.8 Å². The van der Waals surface area contributed by atoms with Crippen LogP contribution in [0.15, 0.2) is 60.7 Å². The van der Waals surface area contributed by atoms with Crippen LogP contribution < -0.4 is 0 Å². The molecule has 3 rings (SSSR count). The Morgan fingerprint density at radius 2 is 1.38 bits per heavy atom. The van der Waals surface area contributed by atoms with Crippen molar-refractivity contribution < 1.29 is 22.8 Å². The van der Waals surface area contributed by atoms with Gasteiger partial charge in [0.25, 0.3) is 0 Å². The molecule has 7 heteroatoms. The lowest BCUT2D eigenvalue weighted by Crippen LogP contribution is -2.13. The van der Waals surface area contributed by atoms with E-state index in [2.05, 4.69) is 0 Å². The number of hydrogen-bond donors (Lipinski definition) is 0. The Hall–Kier alpha value is -2.63. The summed E-state index contributed by atoms with van der Waals surface area (Å²) in [5, 5.41) is 0.604. The highest BCUT2D eigenvalue weighted by Crippen LogP contribution is 2.34. The van der Waals surface area contributed by atoms with Gasteiger partial charge in [-0.3, -0.25) is 9.59 Å². The SMILES string of the molecule is CC(=O)C(CC(C)C)c1cc(C(=O)c2cc(Cl)cc(Cl)c2)cc(-c2ccc(C(F)(F)F)cc2)c1. The minimum absolute atomic E-state index is 0.0533. The number of hydrogen-bond acceptors (Lipinski definition) is 2. The molecule has 0 bridgehead atoms. The summed E-state index contributed by atoms with van der Waals surface area (Å²) in [4.78, 5) is 25.8. The topological polar surface area (TPSA) is 34.1 Å². The summed E-state index contributed by atoms with van der Waals surface area (Å²) in [5.41, 5.74) is 1.48. The maximum absolute atomic E-state index is 13.3. The molecule has 0 aromatic heterocycles. The Kier molecular flexibility index (Phi) is 7.89. The third-order valence-electron chi connectivity index (χ3n) is 5.49. The molecule has 0 saturated heterocycles. The van der Waals surface area contributed by atoms with Gasteiger partial charge in [0.05, 0.1) is 5.56 Å². The van der Waals surface area contributed by atoms with Crippen LogP contribution in [0, 0.1) is 5.92 Å². The maximum atomic E-state index is 13.3. The van der Waals surface area contributed by atoms with Crippen LogP contribution >= 0.6 is 23.2 Å². The summed E-state index contributed by atoms with van der Waals surface area (Å²) in [7, 11) is 0. The molecule has 34 heavy (non-hydrogen) atoms. The fraction of sp³-hybridized carbons (Fsp3) is 0.259. The van der Waals surface area contributed by atoms with E-state index in [1.165, 1.54) is 37.3 Å². The molecule has 3 aromatic carbocycles. The fourth-order valence-corrected chi connectivity index (χ4v) is 4.39. The molecule has 178 valence electrons. The molecule has 0 aliphatic heterocycles. The highest BCUT2D eigenvalue weighted by molar-refractivity contribution is 6.35. The zero-order valence-corrected chi connectivity index (χ0v) is 20.4. The van der Waals surface area contributed by atoms with Gasteiger partial charge in [0, 0.05) is 27.1 Å². The summed E-state index contributed by atoms with van der Waals surface area (Å²) >= 11 is 12.1. The molecule has 0 aliphatic rings. The second-order valence-corrected chi connectivity index (χ2v) is 9.57. The highest BCUT2D eigenvalue weighted by Gasteiger charge is 2.30. The van der Waals surface area contributed by atoms with Crippen LogP contribution in [-0.2, 0) is 11.0 Å². The Labute approximate surface area is 206 Å². The molecule has 1 unspecified atom stereocenters. The van der Waals surface area contributed by atoms with Crippen molar-refractivity contribution in [2.75, 3.05) is 0 Å². The van der Waals surface area contributed by atoms with Gasteiger partial charge in [0.2, 0.25) is 0 Å². The van der Waals surface area contributed by atoms with Crippen molar-refractivity contribution in [1.29, 1.82) is 0 Å². The van der Waals surface area contributed by atoms with E-state index in [-0.39, 0.29) is 23.0 Å². The zero-order valence-electron chi connectivity index (χ0n) is 18.8. The first-order chi connectivity index (χ1) is 15.8. The molecule has 0 fully saturated rings. The number of carbonyl (C=O) groups is 2. The second-order valence-electron chi connectivity index (χ2n) is 8.70. The van der Waals surface area contributed by atoms with Crippen molar-refractivity contribution in [3.8, 4) is 11.1 Å². The van der Waals surface area contributed by atoms with Crippen molar-refractivity contribution in [2.45, 2.75) is 39.3 Å². The number of ketones is 2. The highest BCUT2D eigenvalue weighted by atomic mass is 35.5. The fourth-order valence-electron chi connectivity index (χ4n) is 3.86. The van der Waals surface area contributed by atoms with E-state index in [4.69, 9.17) is 23.2 Å². The van der Waals surface area contributed by atoms with Gasteiger partial charge < -0.3 is 0 Å². The molecular weight excluding hydrogens is 484 g/mol. The Balaban J connectivity index is 2.17. The maximum Gasteiger partial charge on any atom is 0.416 e. The van der Waals surface area contributed by atoms with Crippen LogP contribution in [0.5, 0.6) is 0 Å². The van der Waals surface area contributed by atoms with E-state index in [0.29, 0.717) is 38.7 Å². The quantitative estimate of drug-likeness (QED) is 0.300. The van der Waals surface area contributed by atoms with Gasteiger partial charge >= 0.3 is 6.18 Å². The zero-order chi connectivity index (χ0) is 25.2. The van der Waals surface area contributed by atoms with Gasteiger partial charge in [0.15, 0.2) is 5.78 Å². The number of rotatable bonds is 7. The molecule has 0 amide bonds. The summed E-state index contributed by atoms with van der Waals surface area (Å²) in [6.45, 7) is 5.49. The largest absolute Gasteiger partial charge is 0.416 e. The molecule has 1 atom stereocenters. The lowest BCUT2D eigenvalue weighted by atomic mass is 9.84. The average molecular weight is 507 g/mol. The standard InChI is InChI=1S/C27H23Cl2F3O2/c1-15(2)8-25(16(3)33)19-9-18(17-4-6-22(7-5-17)27(30,31)32)10-20(11-19)26(34)21-12-23(28)14-24(29)13-21/h4-7,9-15,25H,8H2,1-3H3. The predicted octanol–water partition coefficient (Wildman–Crippen LogP) is 8.63. The van der Waals surface area contributed by atoms with Crippen LogP contribution in [0.25, 0.3) is 11.1 Å². The Morgan fingerprint density at radius 1 is 0.824 bits per heavy atom. The Bertz CT molecular complexity index is 1200. The van der Waals surface area contributed by atoms with E-state index >= 15 is 0 Å². The van der Waals surface area contributed by atoms with Crippen LogP contribution in [0.4, 0.5) is 13.2 Å². The molecule has 0 heterocycles. The predicted molar refractivity (Wildman–Crippen MR) is 130 cm³/mol. The van der Waals surface area contributed by atoms with Crippen molar-refractivity contribution in [2.24, 2.45) is 5.92 Å². The molecule has 0 saturated carbocycles. The minimum atomic E-state index is -4.45. The van der Waals surface area contributed by atoms with Crippen LogP contribution in [0.3, 0.4) is 0 Å². The third kappa shape index (κ3) is 6.28. The van der Waals surface area contributed by atoms with E-state index in [0.717, 1.165) is 12.1 Å². The lowest BCUT2D eigenvalue weighted by Gasteiger charge is -2.19. The molecule has 0 spiro atoms. The molecule has 0 N–H and O–H groups in total. The van der Waals surface area contributed by atoms with Gasteiger partial charge in [-0.15, -0.1) is 0 Å². The summed E-state index contributed by atoms with van der Waals surface area (Å²) < 4.78 is 39.1. The van der Waals surface area contributed by atoms with Crippen molar-refractivity contribution in [3.05, 3.63) is 93.0 Å². The number of alkyl halides is 3. The molecule has 0 radical (unpaired) electrons. The molecular formula is C27H23Cl2F3O2. The molecule has 2 nitrogen and oxygen atoms in total. The summed E-state index contributed by atoms with van der Waals surface area (Å²) in [6.07, 6.45) is -3.88. The van der Waals surface area contributed by atoms with Gasteiger partial charge in [0.1, 0.15) is 5.78 Å². The normalized spacial score (nSPS) is 12.6. The molecule has 0 aliphatic carbocycles. The number of Topliss-reactive ketones (excluding diaryl/α,β-unsaturated/α-hetero) is 1. The smallest absolute Gasteiger partial charge is 0.299 e. The first-order valence-corrected chi connectivity index (χ1v) is 11.4. The van der Waals surface area contributed by atoms with Gasteiger partial charge in [-0.1, -0.05) is 55.2 Å².